The van der Waals surface area contributed by atoms with Crippen molar-refractivity contribution in [3.8, 4) is 5.75 Å². The second-order valence-corrected chi connectivity index (χ2v) is 9.61. The highest BCUT2D eigenvalue weighted by molar-refractivity contribution is 7.89. The molecule has 1 saturated heterocycles. The molecule has 1 fully saturated rings. The number of aryl methyl sites for hydroxylation is 2. The summed E-state index contributed by atoms with van der Waals surface area (Å²) in [5.41, 5.74) is 2.14. The quantitative estimate of drug-likeness (QED) is 0.649. The third-order valence-electron chi connectivity index (χ3n) is 5.58. The Balaban J connectivity index is 1.48. The first-order chi connectivity index (χ1) is 14.8. The highest BCUT2D eigenvalue weighted by Gasteiger charge is 2.33. The predicted molar refractivity (Wildman–Crippen MR) is 116 cm³/mol. The number of fused-ring (bicyclic) bond motifs is 1. The fourth-order valence-electron chi connectivity index (χ4n) is 3.89. The van der Waals surface area contributed by atoms with Crippen LogP contribution in [0.15, 0.2) is 41.4 Å². The van der Waals surface area contributed by atoms with Gasteiger partial charge in [-0.2, -0.15) is 9.40 Å². The van der Waals surface area contributed by atoms with Crippen LogP contribution in [-0.2, 0) is 21.9 Å². The molecule has 1 aliphatic heterocycles. The summed E-state index contributed by atoms with van der Waals surface area (Å²) in [7, 11) is -0.336. The molecule has 0 radical (unpaired) electrons. The Morgan fingerprint density at radius 2 is 2.00 bits per heavy atom. The summed E-state index contributed by atoms with van der Waals surface area (Å²) in [6.07, 6.45) is 2.84. The van der Waals surface area contributed by atoms with Crippen LogP contribution < -0.4 is 10.1 Å². The molecular formula is C21H25N5O4S. The number of hydrogen-bond donors (Lipinski definition) is 1. The van der Waals surface area contributed by atoms with E-state index in [2.05, 4.69) is 15.4 Å². The largest absolute Gasteiger partial charge is 0.497 e. The van der Waals surface area contributed by atoms with Crippen LogP contribution in [0.3, 0.4) is 0 Å². The van der Waals surface area contributed by atoms with Crippen molar-refractivity contribution < 1.29 is 17.9 Å². The normalized spacial score (nSPS) is 17.6. The van der Waals surface area contributed by atoms with Crippen LogP contribution >= 0.6 is 0 Å². The Hall–Kier alpha value is -2.98. The maximum Gasteiger partial charge on any atom is 0.243 e. The number of pyridine rings is 1. The Labute approximate surface area is 181 Å². The van der Waals surface area contributed by atoms with Crippen LogP contribution in [0.4, 0.5) is 5.69 Å². The van der Waals surface area contributed by atoms with Crippen molar-refractivity contribution in [3.63, 3.8) is 0 Å². The monoisotopic (exact) mass is 443 g/mol. The van der Waals surface area contributed by atoms with Gasteiger partial charge in [0, 0.05) is 25.5 Å². The Kier molecular flexibility index (Phi) is 5.67. The maximum absolute atomic E-state index is 13.0. The molecule has 1 aromatic carbocycles. The molecule has 0 unspecified atom stereocenters. The topological polar surface area (TPSA) is 106 Å². The molecule has 4 rings (SSSR count). The number of hydrogen-bond acceptors (Lipinski definition) is 6. The van der Waals surface area contributed by atoms with Gasteiger partial charge in [-0.15, -0.1) is 0 Å². The van der Waals surface area contributed by atoms with E-state index in [9.17, 15) is 13.2 Å². The molecule has 0 aliphatic carbocycles. The molecule has 1 atom stereocenters. The summed E-state index contributed by atoms with van der Waals surface area (Å²) >= 11 is 0. The molecular weight excluding hydrogens is 418 g/mol. The van der Waals surface area contributed by atoms with E-state index in [4.69, 9.17) is 4.74 Å². The number of methoxy groups -OCH3 is 1. The number of benzene rings is 1. The molecule has 10 heteroatoms. The third kappa shape index (κ3) is 4.13. The molecule has 2 aromatic heterocycles. The number of nitrogens with one attached hydrogen (secondary N) is 1. The molecule has 0 bridgehead atoms. The van der Waals surface area contributed by atoms with Gasteiger partial charge in [0.1, 0.15) is 5.75 Å². The van der Waals surface area contributed by atoms with Crippen molar-refractivity contribution in [2.75, 3.05) is 25.5 Å². The number of aromatic nitrogens is 3. The zero-order valence-electron chi connectivity index (χ0n) is 17.7. The number of piperidine rings is 1. The van der Waals surface area contributed by atoms with Crippen LogP contribution in [0.25, 0.3) is 11.0 Å². The van der Waals surface area contributed by atoms with E-state index in [0.29, 0.717) is 30.8 Å². The highest BCUT2D eigenvalue weighted by atomic mass is 32.2. The molecule has 0 spiro atoms. The van der Waals surface area contributed by atoms with Crippen LogP contribution in [0.5, 0.6) is 5.75 Å². The van der Waals surface area contributed by atoms with E-state index in [1.54, 1.807) is 23.0 Å². The average Bonchev–Trinajstić information content (AvgIpc) is 3.06. The van der Waals surface area contributed by atoms with Crippen molar-refractivity contribution in [1.29, 1.82) is 0 Å². The molecule has 3 aromatic rings. The van der Waals surface area contributed by atoms with Crippen molar-refractivity contribution in [2.24, 2.45) is 13.0 Å². The van der Waals surface area contributed by atoms with Gasteiger partial charge in [0.05, 0.1) is 35.5 Å². The van der Waals surface area contributed by atoms with Gasteiger partial charge in [-0.1, -0.05) is 0 Å². The van der Waals surface area contributed by atoms with Crippen LogP contribution in [0.2, 0.25) is 0 Å². The van der Waals surface area contributed by atoms with E-state index in [-0.39, 0.29) is 17.3 Å². The molecule has 9 nitrogen and oxygen atoms in total. The van der Waals surface area contributed by atoms with Gasteiger partial charge in [-0.3, -0.25) is 9.48 Å². The smallest absolute Gasteiger partial charge is 0.243 e. The fourth-order valence-corrected chi connectivity index (χ4v) is 5.42. The molecule has 1 aliphatic rings. The van der Waals surface area contributed by atoms with E-state index >= 15 is 0 Å². The molecule has 1 N–H and O–H groups in total. The van der Waals surface area contributed by atoms with Crippen molar-refractivity contribution in [1.82, 2.24) is 19.1 Å². The summed E-state index contributed by atoms with van der Waals surface area (Å²) in [4.78, 5) is 17.5. The van der Waals surface area contributed by atoms with Crippen molar-refractivity contribution in [3.05, 3.63) is 42.2 Å². The number of sulfonamides is 1. The molecule has 3 heterocycles. The zero-order chi connectivity index (χ0) is 22.2. The van der Waals surface area contributed by atoms with Crippen LogP contribution in [0, 0.1) is 12.8 Å². The number of carbonyl (C=O) groups excluding carboxylic acids is 1. The van der Waals surface area contributed by atoms with Crippen LogP contribution in [0.1, 0.15) is 18.5 Å². The summed E-state index contributed by atoms with van der Waals surface area (Å²) < 4.78 is 34.2. The second kappa shape index (κ2) is 8.27. The first-order valence-corrected chi connectivity index (χ1v) is 11.5. The number of ether oxygens (including phenoxy) is 1. The number of anilines is 1. The van der Waals surface area contributed by atoms with Crippen molar-refractivity contribution >= 4 is 32.7 Å². The first-order valence-electron chi connectivity index (χ1n) is 10.0. The summed E-state index contributed by atoms with van der Waals surface area (Å²) in [5.74, 6) is -0.0610. The number of carbonyl (C=O) groups is 1. The standard InChI is InChI=1S/C21H25N5O4S/c1-14-19-11-16(12-22-20(19)25(2)24-14)23-21(27)15-5-4-10-26(13-15)31(28,29)18-8-6-17(30-3)7-9-18/h6-9,11-12,15H,4-5,10,13H2,1-3H3,(H,23,27)/t15-/m0/s1. The maximum atomic E-state index is 13.0. The lowest BCUT2D eigenvalue weighted by Gasteiger charge is -2.31. The van der Waals surface area contributed by atoms with Crippen LogP contribution in [-0.4, -0.2) is 53.6 Å². The lowest BCUT2D eigenvalue weighted by Crippen LogP contribution is -2.43. The predicted octanol–water partition coefficient (Wildman–Crippen LogP) is 2.32. The molecule has 31 heavy (non-hydrogen) atoms. The van der Waals surface area contributed by atoms with E-state index in [1.165, 1.54) is 23.5 Å². The lowest BCUT2D eigenvalue weighted by molar-refractivity contribution is -0.120. The van der Waals surface area contributed by atoms with Crippen molar-refractivity contribution in [2.45, 2.75) is 24.7 Å². The van der Waals surface area contributed by atoms with Gasteiger partial charge in [-0.05, 0) is 50.1 Å². The number of nitrogens with zero attached hydrogens (tertiary/aromatic N) is 4. The average molecular weight is 444 g/mol. The van der Waals surface area contributed by atoms with E-state index < -0.39 is 15.9 Å². The zero-order valence-corrected chi connectivity index (χ0v) is 18.5. The third-order valence-corrected chi connectivity index (χ3v) is 7.46. The SMILES string of the molecule is COc1ccc(S(=O)(=O)N2CCC[C@H](C(=O)Nc3cnc4c(c3)c(C)nn4C)C2)cc1. The molecule has 164 valence electrons. The minimum atomic E-state index is -3.68. The summed E-state index contributed by atoms with van der Waals surface area (Å²) in [6, 6.07) is 8.12. The van der Waals surface area contributed by atoms with Gasteiger partial charge < -0.3 is 10.1 Å². The van der Waals surface area contributed by atoms with Gasteiger partial charge in [0.2, 0.25) is 15.9 Å². The van der Waals surface area contributed by atoms with Gasteiger partial charge in [-0.25, -0.2) is 13.4 Å². The minimum Gasteiger partial charge on any atom is -0.497 e. The minimum absolute atomic E-state index is 0.141. The lowest BCUT2D eigenvalue weighted by atomic mass is 9.99. The van der Waals surface area contributed by atoms with E-state index in [0.717, 1.165) is 16.7 Å². The second-order valence-electron chi connectivity index (χ2n) is 7.67. The van der Waals surface area contributed by atoms with E-state index in [1.807, 2.05) is 20.0 Å². The fraction of sp³-hybridized carbons (Fsp3) is 0.381. The first kappa shape index (κ1) is 21.3. The number of amides is 1. The van der Waals surface area contributed by atoms with Gasteiger partial charge >= 0.3 is 0 Å². The molecule has 0 saturated carbocycles. The molecule has 1 amide bonds. The summed E-state index contributed by atoms with van der Waals surface area (Å²) in [5, 5.41) is 8.10. The number of rotatable bonds is 5. The van der Waals surface area contributed by atoms with Gasteiger partial charge in [0.25, 0.3) is 0 Å². The summed E-state index contributed by atoms with van der Waals surface area (Å²) in [6.45, 7) is 2.42. The Morgan fingerprint density at radius 1 is 1.26 bits per heavy atom. The Bertz CT molecular complexity index is 1220. The van der Waals surface area contributed by atoms with Gasteiger partial charge in [0.15, 0.2) is 5.65 Å². The Morgan fingerprint density at radius 3 is 2.71 bits per heavy atom. The highest BCUT2D eigenvalue weighted by Crippen LogP contribution is 2.26.